The molecule has 1 aliphatic rings. The van der Waals surface area contributed by atoms with Gasteiger partial charge in [-0.15, -0.1) is 0 Å². The van der Waals surface area contributed by atoms with Crippen LogP contribution in [-0.4, -0.2) is 39.2 Å². The zero-order valence-electron chi connectivity index (χ0n) is 14.8. The van der Waals surface area contributed by atoms with Gasteiger partial charge in [-0.3, -0.25) is 14.0 Å². The maximum atomic E-state index is 13.1. The molecule has 6 nitrogen and oxygen atoms in total. The highest BCUT2D eigenvalue weighted by molar-refractivity contribution is 7.19. The number of nitrogens with zero attached hydrogens (tertiary/aromatic N) is 3. The molecule has 1 saturated heterocycles. The summed E-state index contributed by atoms with van der Waals surface area (Å²) >= 11 is 1.35. The molecule has 0 radical (unpaired) electrons. The van der Waals surface area contributed by atoms with Crippen molar-refractivity contribution in [3.8, 4) is 11.3 Å². The van der Waals surface area contributed by atoms with Crippen molar-refractivity contribution in [2.24, 2.45) is 11.7 Å². The number of carbonyl (C=O) groups excluding carboxylic acids is 2. The Morgan fingerprint density at radius 1 is 1.22 bits per heavy atom. The van der Waals surface area contributed by atoms with Crippen LogP contribution in [0.1, 0.15) is 28.2 Å². The highest BCUT2D eigenvalue weighted by atomic mass is 32.1. The number of primary amides is 1. The number of fused-ring (bicyclic) bond motifs is 1. The molecule has 3 aromatic rings. The average molecular weight is 386 g/mol. The van der Waals surface area contributed by atoms with Crippen LogP contribution in [0.25, 0.3) is 16.2 Å². The summed E-state index contributed by atoms with van der Waals surface area (Å²) in [4.78, 5) is 31.9. The Bertz CT molecular complexity index is 1020. The fourth-order valence-electron chi connectivity index (χ4n) is 3.42. The Labute approximate surface area is 159 Å². The summed E-state index contributed by atoms with van der Waals surface area (Å²) in [5.41, 5.74) is 7.76. The van der Waals surface area contributed by atoms with E-state index in [1.54, 1.807) is 17.0 Å². The minimum absolute atomic E-state index is 0.0331. The number of nitrogens with two attached hydrogens (primary N) is 1. The first-order valence-corrected chi connectivity index (χ1v) is 9.58. The van der Waals surface area contributed by atoms with E-state index in [-0.39, 0.29) is 23.5 Å². The second-order valence-corrected chi connectivity index (χ2v) is 7.75. The van der Waals surface area contributed by atoms with E-state index in [1.165, 1.54) is 23.5 Å². The second kappa shape index (κ2) is 6.77. The number of hydrogen-bond acceptors (Lipinski definition) is 4. The Hall–Kier alpha value is -2.74. The third-order valence-corrected chi connectivity index (χ3v) is 6.22. The fraction of sp³-hybridized carbons (Fsp3) is 0.316. The SMILES string of the molecule is Cc1c(C(=O)N2CCC(C(N)=O)CC2)sc2nc(-c3ccc(F)cc3)cn12. The minimum Gasteiger partial charge on any atom is -0.369 e. The molecule has 2 N–H and O–H groups in total. The van der Waals surface area contributed by atoms with E-state index in [9.17, 15) is 14.0 Å². The Morgan fingerprint density at radius 2 is 1.89 bits per heavy atom. The van der Waals surface area contributed by atoms with Gasteiger partial charge in [0.05, 0.1) is 5.69 Å². The van der Waals surface area contributed by atoms with Crippen LogP contribution in [0.3, 0.4) is 0 Å². The number of benzene rings is 1. The molecule has 1 aromatic carbocycles. The Balaban J connectivity index is 1.57. The van der Waals surface area contributed by atoms with Gasteiger partial charge in [-0.1, -0.05) is 11.3 Å². The van der Waals surface area contributed by atoms with Gasteiger partial charge in [-0.2, -0.15) is 0 Å². The topological polar surface area (TPSA) is 80.7 Å². The molecule has 1 aliphatic heterocycles. The van der Waals surface area contributed by atoms with Crippen LogP contribution in [0.4, 0.5) is 4.39 Å². The van der Waals surface area contributed by atoms with Crippen LogP contribution in [0.2, 0.25) is 0 Å². The normalized spacial score (nSPS) is 15.4. The lowest BCUT2D eigenvalue weighted by Crippen LogP contribution is -2.41. The zero-order chi connectivity index (χ0) is 19.1. The predicted octanol–water partition coefficient (Wildman–Crippen LogP) is 2.85. The first-order valence-electron chi connectivity index (χ1n) is 8.77. The zero-order valence-corrected chi connectivity index (χ0v) is 15.6. The van der Waals surface area contributed by atoms with Gasteiger partial charge in [0.1, 0.15) is 10.7 Å². The summed E-state index contributed by atoms with van der Waals surface area (Å²) in [6.45, 7) is 2.96. The number of carbonyl (C=O) groups is 2. The molecule has 140 valence electrons. The molecule has 0 bridgehead atoms. The van der Waals surface area contributed by atoms with E-state index in [0.717, 1.165) is 21.9 Å². The maximum Gasteiger partial charge on any atom is 0.265 e. The van der Waals surface area contributed by atoms with Crippen molar-refractivity contribution in [2.45, 2.75) is 19.8 Å². The van der Waals surface area contributed by atoms with Crippen LogP contribution in [-0.2, 0) is 4.79 Å². The first kappa shape index (κ1) is 17.7. The van der Waals surface area contributed by atoms with Crippen molar-refractivity contribution >= 4 is 28.1 Å². The van der Waals surface area contributed by atoms with Gasteiger partial charge in [0.25, 0.3) is 5.91 Å². The van der Waals surface area contributed by atoms with Crippen molar-refractivity contribution in [1.29, 1.82) is 0 Å². The molecule has 2 amide bonds. The molecular formula is C19H19FN4O2S. The third-order valence-electron chi connectivity index (χ3n) is 5.08. The number of amides is 2. The molecule has 8 heteroatoms. The van der Waals surface area contributed by atoms with E-state index < -0.39 is 0 Å². The summed E-state index contributed by atoms with van der Waals surface area (Å²) in [7, 11) is 0. The number of rotatable bonds is 3. The first-order chi connectivity index (χ1) is 12.9. The number of hydrogen-bond donors (Lipinski definition) is 1. The summed E-state index contributed by atoms with van der Waals surface area (Å²) in [6, 6.07) is 6.18. The number of likely N-dealkylation sites (tertiary alicyclic amines) is 1. The fourth-order valence-corrected chi connectivity index (χ4v) is 4.50. The molecule has 0 unspecified atom stereocenters. The molecule has 3 heterocycles. The molecule has 0 aliphatic carbocycles. The Morgan fingerprint density at radius 3 is 2.48 bits per heavy atom. The van der Waals surface area contributed by atoms with Gasteiger partial charge in [0.2, 0.25) is 5.91 Å². The molecule has 1 fully saturated rings. The van der Waals surface area contributed by atoms with Gasteiger partial charge in [-0.25, -0.2) is 9.37 Å². The van der Waals surface area contributed by atoms with Crippen molar-refractivity contribution in [2.75, 3.05) is 13.1 Å². The Kier molecular flexibility index (Phi) is 4.43. The van der Waals surface area contributed by atoms with Crippen LogP contribution >= 0.6 is 11.3 Å². The highest BCUT2D eigenvalue weighted by Crippen LogP contribution is 2.29. The number of thiazole rings is 1. The van der Waals surface area contributed by atoms with Gasteiger partial charge in [-0.05, 0) is 44.0 Å². The van der Waals surface area contributed by atoms with E-state index in [2.05, 4.69) is 4.98 Å². The molecule has 27 heavy (non-hydrogen) atoms. The second-order valence-electron chi connectivity index (χ2n) is 6.77. The number of piperidine rings is 1. The lowest BCUT2D eigenvalue weighted by molar-refractivity contribution is -0.123. The summed E-state index contributed by atoms with van der Waals surface area (Å²) in [6.07, 6.45) is 3.08. The number of imidazole rings is 1. The van der Waals surface area contributed by atoms with Crippen molar-refractivity contribution in [3.63, 3.8) is 0 Å². The van der Waals surface area contributed by atoms with Crippen LogP contribution < -0.4 is 5.73 Å². The molecule has 0 spiro atoms. The number of aryl methyl sites for hydroxylation is 1. The van der Waals surface area contributed by atoms with Crippen LogP contribution in [0.15, 0.2) is 30.5 Å². The molecule has 4 rings (SSSR count). The number of aromatic nitrogens is 2. The van der Waals surface area contributed by atoms with Gasteiger partial charge < -0.3 is 10.6 Å². The maximum absolute atomic E-state index is 13.1. The van der Waals surface area contributed by atoms with E-state index in [4.69, 9.17) is 5.73 Å². The third kappa shape index (κ3) is 3.21. The monoisotopic (exact) mass is 386 g/mol. The lowest BCUT2D eigenvalue weighted by Gasteiger charge is -2.30. The largest absolute Gasteiger partial charge is 0.369 e. The smallest absolute Gasteiger partial charge is 0.265 e. The summed E-state index contributed by atoms with van der Waals surface area (Å²) < 4.78 is 15.0. The molecular weight excluding hydrogens is 367 g/mol. The minimum atomic E-state index is -0.291. The summed E-state index contributed by atoms with van der Waals surface area (Å²) in [5, 5.41) is 0. The lowest BCUT2D eigenvalue weighted by atomic mass is 9.96. The van der Waals surface area contributed by atoms with Crippen LogP contribution in [0.5, 0.6) is 0 Å². The van der Waals surface area contributed by atoms with Gasteiger partial charge in [0, 0.05) is 36.5 Å². The molecule has 2 aromatic heterocycles. The van der Waals surface area contributed by atoms with Crippen molar-refractivity contribution in [1.82, 2.24) is 14.3 Å². The quantitative estimate of drug-likeness (QED) is 0.752. The molecule has 0 saturated carbocycles. The van der Waals surface area contributed by atoms with Crippen molar-refractivity contribution < 1.29 is 14.0 Å². The summed E-state index contributed by atoms with van der Waals surface area (Å²) in [5.74, 6) is -0.756. The molecule has 0 atom stereocenters. The van der Waals surface area contributed by atoms with Crippen molar-refractivity contribution in [3.05, 3.63) is 46.9 Å². The van der Waals surface area contributed by atoms with E-state index in [0.29, 0.717) is 30.8 Å². The number of halogens is 1. The predicted molar refractivity (Wildman–Crippen MR) is 101 cm³/mol. The average Bonchev–Trinajstić information content (AvgIpc) is 3.21. The van der Waals surface area contributed by atoms with E-state index in [1.807, 2.05) is 17.5 Å². The standard InChI is InChI=1S/C19H19FN4O2S/c1-11-16(18(26)23-8-6-13(7-9-23)17(21)25)27-19-22-15(10-24(11)19)12-2-4-14(20)5-3-12/h2-5,10,13H,6-9H2,1H3,(H2,21,25). The highest BCUT2D eigenvalue weighted by Gasteiger charge is 2.29. The van der Waals surface area contributed by atoms with Gasteiger partial charge in [0.15, 0.2) is 4.96 Å². The van der Waals surface area contributed by atoms with Gasteiger partial charge >= 0.3 is 0 Å². The van der Waals surface area contributed by atoms with Crippen LogP contribution in [0, 0.1) is 18.7 Å². The van der Waals surface area contributed by atoms with E-state index >= 15 is 0 Å².